The molecule has 1 spiro atoms. The molecule has 56 valence electrons. The maximum atomic E-state index is 1.62. The minimum atomic E-state index is 0.922. The summed E-state index contributed by atoms with van der Waals surface area (Å²) in [7, 11) is 0. The van der Waals surface area contributed by atoms with Crippen LogP contribution in [0.25, 0.3) is 0 Å². The monoisotopic (exact) mass is 136 g/mol. The summed E-state index contributed by atoms with van der Waals surface area (Å²) in [6.07, 6.45) is 11.1. The van der Waals surface area contributed by atoms with Gasteiger partial charge in [-0.1, -0.05) is 6.42 Å². The fourth-order valence-electron chi connectivity index (χ4n) is 3.46. The number of hydrogen-bond donors (Lipinski definition) is 0. The number of hydrogen-bond acceptors (Lipinski definition) is 0. The van der Waals surface area contributed by atoms with Gasteiger partial charge in [-0.3, -0.25) is 0 Å². The van der Waals surface area contributed by atoms with Crippen molar-refractivity contribution >= 4 is 0 Å². The highest BCUT2D eigenvalue weighted by Crippen LogP contribution is 2.62. The first-order valence-corrected chi connectivity index (χ1v) is 4.88. The van der Waals surface area contributed by atoms with Crippen LogP contribution in [0.15, 0.2) is 0 Å². The average Bonchev–Trinajstić information content (AvgIpc) is 2.05. The molecule has 3 aliphatic rings. The topological polar surface area (TPSA) is 0 Å². The van der Waals surface area contributed by atoms with Gasteiger partial charge in [0.2, 0.25) is 0 Å². The molecule has 0 nitrogen and oxygen atoms in total. The standard InChI is InChI=1S/C10H16/c1-4-10(5-1)6-8-2-3-9(8)7-10/h8-9H,1-7H2. The van der Waals surface area contributed by atoms with Crippen molar-refractivity contribution in [3.63, 3.8) is 0 Å². The number of fused-ring (bicyclic) bond motifs is 1. The lowest BCUT2D eigenvalue weighted by Crippen LogP contribution is -2.25. The molecule has 0 heteroatoms. The third-order valence-corrected chi connectivity index (χ3v) is 4.38. The van der Waals surface area contributed by atoms with Gasteiger partial charge in [0.1, 0.15) is 0 Å². The van der Waals surface area contributed by atoms with E-state index in [-0.39, 0.29) is 0 Å². The first-order chi connectivity index (χ1) is 4.88. The van der Waals surface area contributed by atoms with Crippen molar-refractivity contribution in [2.75, 3.05) is 0 Å². The Morgan fingerprint density at radius 3 is 1.80 bits per heavy atom. The molecule has 0 aromatic rings. The van der Waals surface area contributed by atoms with Crippen LogP contribution in [0, 0.1) is 17.3 Å². The van der Waals surface area contributed by atoms with Gasteiger partial charge >= 0.3 is 0 Å². The van der Waals surface area contributed by atoms with Crippen molar-refractivity contribution in [3.05, 3.63) is 0 Å². The van der Waals surface area contributed by atoms with E-state index in [1.165, 1.54) is 11.8 Å². The van der Waals surface area contributed by atoms with Gasteiger partial charge in [0.15, 0.2) is 0 Å². The van der Waals surface area contributed by atoms with Gasteiger partial charge in [-0.2, -0.15) is 0 Å². The Balaban J connectivity index is 1.79. The normalized spacial score (nSPS) is 48.0. The molecule has 0 N–H and O–H groups in total. The summed E-state index contributed by atoms with van der Waals surface area (Å²) in [5, 5.41) is 0. The van der Waals surface area contributed by atoms with E-state index in [0.717, 1.165) is 5.41 Å². The summed E-state index contributed by atoms with van der Waals surface area (Å²) in [6, 6.07) is 0. The third kappa shape index (κ3) is 0.538. The van der Waals surface area contributed by atoms with Crippen molar-refractivity contribution in [1.82, 2.24) is 0 Å². The summed E-state index contributed by atoms with van der Waals surface area (Å²) in [5.74, 6) is 2.39. The van der Waals surface area contributed by atoms with Crippen molar-refractivity contribution in [2.45, 2.75) is 44.9 Å². The van der Waals surface area contributed by atoms with Crippen molar-refractivity contribution in [1.29, 1.82) is 0 Å². The predicted octanol–water partition coefficient (Wildman–Crippen LogP) is 2.98. The van der Waals surface area contributed by atoms with Gasteiger partial charge in [-0.25, -0.2) is 0 Å². The first-order valence-electron chi connectivity index (χ1n) is 4.88. The highest BCUT2D eigenvalue weighted by molar-refractivity contribution is 5.02. The fourth-order valence-corrected chi connectivity index (χ4v) is 3.46. The quantitative estimate of drug-likeness (QED) is 0.480. The average molecular weight is 136 g/mol. The SMILES string of the molecule is C1CC2(C1)CC1CCC1C2. The van der Waals surface area contributed by atoms with E-state index >= 15 is 0 Å². The third-order valence-electron chi connectivity index (χ3n) is 4.38. The van der Waals surface area contributed by atoms with Crippen LogP contribution in [0.2, 0.25) is 0 Å². The minimum Gasteiger partial charge on any atom is -0.0522 e. The Morgan fingerprint density at radius 1 is 0.900 bits per heavy atom. The van der Waals surface area contributed by atoms with E-state index in [2.05, 4.69) is 0 Å². The zero-order chi connectivity index (χ0) is 6.60. The maximum absolute atomic E-state index is 1.62. The molecule has 3 aliphatic carbocycles. The van der Waals surface area contributed by atoms with Gasteiger partial charge in [-0.15, -0.1) is 0 Å². The van der Waals surface area contributed by atoms with Gasteiger partial charge in [0.05, 0.1) is 0 Å². The second-order valence-corrected chi connectivity index (χ2v) is 4.86. The summed E-state index contributed by atoms with van der Waals surface area (Å²) < 4.78 is 0. The molecule has 0 bridgehead atoms. The molecule has 2 atom stereocenters. The smallest absolute Gasteiger partial charge is 0.0292 e. The summed E-state index contributed by atoms with van der Waals surface area (Å²) in [6.45, 7) is 0. The number of rotatable bonds is 0. The van der Waals surface area contributed by atoms with Crippen molar-refractivity contribution < 1.29 is 0 Å². The fraction of sp³-hybridized carbons (Fsp3) is 1.00. The van der Waals surface area contributed by atoms with Gasteiger partial charge in [0.25, 0.3) is 0 Å². The Bertz CT molecular complexity index is 141. The largest absolute Gasteiger partial charge is 0.0522 e. The minimum absolute atomic E-state index is 0.922. The molecule has 0 aliphatic heterocycles. The Kier molecular flexibility index (Phi) is 0.898. The Hall–Kier alpha value is 0. The van der Waals surface area contributed by atoms with Crippen LogP contribution in [-0.2, 0) is 0 Å². The highest BCUT2D eigenvalue weighted by Gasteiger charge is 2.51. The molecular formula is C10H16. The lowest BCUT2D eigenvalue weighted by molar-refractivity contribution is 0.137. The van der Waals surface area contributed by atoms with Crippen LogP contribution < -0.4 is 0 Å². The molecular weight excluding hydrogens is 120 g/mol. The zero-order valence-corrected chi connectivity index (χ0v) is 6.60. The molecule has 0 radical (unpaired) electrons. The summed E-state index contributed by atoms with van der Waals surface area (Å²) >= 11 is 0. The van der Waals surface area contributed by atoms with E-state index in [1.54, 1.807) is 44.9 Å². The lowest BCUT2D eigenvalue weighted by Gasteiger charge is -2.38. The molecule has 3 saturated carbocycles. The molecule has 0 aromatic heterocycles. The molecule has 2 unspecified atom stereocenters. The molecule has 3 rings (SSSR count). The van der Waals surface area contributed by atoms with Crippen LogP contribution in [0.5, 0.6) is 0 Å². The first kappa shape index (κ1) is 5.62. The van der Waals surface area contributed by atoms with E-state index in [1.807, 2.05) is 0 Å². The van der Waals surface area contributed by atoms with Gasteiger partial charge < -0.3 is 0 Å². The Morgan fingerprint density at radius 2 is 1.50 bits per heavy atom. The van der Waals surface area contributed by atoms with E-state index in [4.69, 9.17) is 0 Å². The van der Waals surface area contributed by atoms with Crippen LogP contribution in [0.1, 0.15) is 44.9 Å². The predicted molar refractivity (Wildman–Crippen MR) is 41.7 cm³/mol. The molecule has 0 saturated heterocycles. The maximum Gasteiger partial charge on any atom is -0.0292 e. The second-order valence-electron chi connectivity index (χ2n) is 4.86. The van der Waals surface area contributed by atoms with Crippen LogP contribution in [0.3, 0.4) is 0 Å². The van der Waals surface area contributed by atoms with E-state index in [0.29, 0.717) is 0 Å². The van der Waals surface area contributed by atoms with E-state index in [9.17, 15) is 0 Å². The van der Waals surface area contributed by atoms with E-state index < -0.39 is 0 Å². The summed E-state index contributed by atoms with van der Waals surface area (Å²) in [4.78, 5) is 0. The second kappa shape index (κ2) is 1.60. The summed E-state index contributed by atoms with van der Waals surface area (Å²) in [5.41, 5.74) is 0.922. The Labute approximate surface area is 63.0 Å². The van der Waals surface area contributed by atoms with Crippen LogP contribution in [0.4, 0.5) is 0 Å². The van der Waals surface area contributed by atoms with Gasteiger partial charge in [-0.05, 0) is 55.8 Å². The van der Waals surface area contributed by atoms with Crippen LogP contribution >= 0.6 is 0 Å². The van der Waals surface area contributed by atoms with Crippen LogP contribution in [-0.4, -0.2) is 0 Å². The molecule has 10 heavy (non-hydrogen) atoms. The molecule has 0 aromatic carbocycles. The molecule has 0 heterocycles. The van der Waals surface area contributed by atoms with Crippen molar-refractivity contribution in [2.24, 2.45) is 17.3 Å². The molecule has 3 fully saturated rings. The molecule has 0 amide bonds. The van der Waals surface area contributed by atoms with Crippen molar-refractivity contribution in [3.8, 4) is 0 Å². The zero-order valence-electron chi connectivity index (χ0n) is 6.60. The highest BCUT2D eigenvalue weighted by atomic mass is 14.6. The lowest BCUT2D eigenvalue weighted by atomic mass is 9.67. The van der Waals surface area contributed by atoms with Gasteiger partial charge in [0, 0.05) is 0 Å².